The summed E-state index contributed by atoms with van der Waals surface area (Å²) in [6.07, 6.45) is 8.40. The maximum atomic E-state index is 8.98. The van der Waals surface area contributed by atoms with Gasteiger partial charge in [0.2, 0.25) is 0 Å². The molecule has 178 valence electrons. The molecule has 0 aliphatic heterocycles. The smallest absolute Gasteiger partial charge is 0.463 e. The highest BCUT2D eigenvalue weighted by molar-refractivity contribution is 6.57. The summed E-state index contributed by atoms with van der Waals surface area (Å²) in [6.45, 7) is 0. The third-order valence-corrected chi connectivity index (χ3v) is 4.73. The molecule has 0 radical (unpaired) electrons. The minimum atomic E-state index is -1.52. The van der Waals surface area contributed by atoms with Gasteiger partial charge in [0.05, 0.1) is 24.4 Å². The fourth-order valence-corrected chi connectivity index (χ4v) is 3.06. The monoisotopic (exact) mass is 474 g/mol. The minimum Gasteiger partial charge on any atom is -0.463 e. The van der Waals surface area contributed by atoms with Crippen LogP contribution in [0.5, 0.6) is 0 Å². The summed E-state index contributed by atoms with van der Waals surface area (Å²) in [5, 5.41) is 32.8. The molecule has 6 aromatic heterocycles. The number of nitrogens with one attached hydrogen (secondary N) is 1. The van der Waals surface area contributed by atoms with E-state index in [4.69, 9.17) is 23.3 Å². The van der Waals surface area contributed by atoms with Crippen molar-refractivity contribution in [3.63, 3.8) is 0 Å². The third kappa shape index (κ3) is 6.07. The van der Waals surface area contributed by atoms with Crippen molar-refractivity contribution in [2.75, 3.05) is 0 Å². The van der Waals surface area contributed by atoms with Crippen LogP contribution >= 0.6 is 0 Å². The quantitative estimate of drug-likeness (QED) is 0.331. The molecule has 0 atom stereocenters. The van der Waals surface area contributed by atoms with E-state index in [0.29, 0.717) is 17.0 Å². The molecule has 3 N–H and O–H groups in total. The first-order valence-electron chi connectivity index (χ1n) is 10.5. The average Bonchev–Trinajstić information content (AvgIpc) is 3.65. The molecule has 35 heavy (non-hydrogen) atoms. The van der Waals surface area contributed by atoms with E-state index in [1.54, 1.807) is 54.9 Å². The van der Waals surface area contributed by atoms with Crippen LogP contribution in [0.25, 0.3) is 34.4 Å². The van der Waals surface area contributed by atoms with Crippen molar-refractivity contribution in [3.05, 3.63) is 85.8 Å². The van der Waals surface area contributed by atoms with E-state index in [1.807, 2.05) is 49.6 Å². The molecule has 6 heterocycles. The van der Waals surface area contributed by atoms with Gasteiger partial charge in [-0.25, -0.2) is 0 Å². The zero-order chi connectivity index (χ0) is 24.6. The average molecular weight is 474 g/mol. The van der Waals surface area contributed by atoms with Gasteiger partial charge in [-0.15, -0.1) is 0 Å². The standard InChI is InChI=1S/C8H9BN2O3.C8H8N2O.C7H6N2O/c1-11-8(9(12)13)5-6(10-11)7-3-2-4-14-7;1-10-5-4-7(9-10)8-3-2-6-11-8;1-2-7(10-5-1)6-3-4-8-9-6/h2-5,12-13H,1H3;2-6H,1H3;1-5H,(H,8,9). The van der Waals surface area contributed by atoms with Crippen molar-refractivity contribution in [2.45, 2.75) is 0 Å². The molecule has 0 saturated carbocycles. The van der Waals surface area contributed by atoms with Crippen LogP contribution in [0.15, 0.2) is 99.0 Å². The van der Waals surface area contributed by atoms with Crippen molar-refractivity contribution in [2.24, 2.45) is 14.1 Å². The van der Waals surface area contributed by atoms with Crippen LogP contribution in [-0.4, -0.2) is 46.9 Å². The molecule has 0 aromatic carbocycles. The Morgan fingerprint density at radius 2 is 1.43 bits per heavy atom. The summed E-state index contributed by atoms with van der Waals surface area (Å²) in [6, 6.07) is 16.3. The Balaban J connectivity index is 0.000000126. The zero-order valence-corrected chi connectivity index (χ0v) is 19.0. The molecule has 6 aromatic rings. The number of rotatable bonds is 4. The Kier molecular flexibility index (Phi) is 7.45. The third-order valence-electron chi connectivity index (χ3n) is 4.73. The first-order valence-corrected chi connectivity index (χ1v) is 10.5. The van der Waals surface area contributed by atoms with Crippen LogP contribution in [0.1, 0.15) is 0 Å². The van der Waals surface area contributed by atoms with E-state index in [1.165, 1.54) is 4.68 Å². The van der Waals surface area contributed by atoms with Crippen molar-refractivity contribution in [1.82, 2.24) is 29.8 Å². The highest BCUT2D eigenvalue weighted by Gasteiger charge is 2.18. The van der Waals surface area contributed by atoms with Crippen LogP contribution in [0.3, 0.4) is 0 Å². The SMILES string of the molecule is Cn1ccc(-c2ccco2)n1.Cn1nc(-c2ccco2)cc1B(O)O.c1coc(-c2ccn[nH]2)c1. The number of H-pyrrole nitrogens is 1. The largest absolute Gasteiger partial charge is 0.507 e. The lowest BCUT2D eigenvalue weighted by Gasteiger charge is -1.96. The maximum absolute atomic E-state index is 8.98. The fraction of sp³-hybridized carbons (Fsp3) is 0.0870. The van der Waals surface area contributed by atoms with Gasteiger partial charge in [-0.05, 0) is 54.6 Å². The molecule has 12 heteroatoms. The predicted octanol–water partition coefficient (Wildman–Crippen LogP) is 2.71. The number of aromatic amines is 1. The highest BCUT2D eigenvalue weighted by atomic mass is 16.4. The lowest BCUT2D eigenvalue weighted by atomic mass is 9.86. The Morgan fingerprint density at radius 3 is 1.89 bits per heavy atom. The summed E-state index contributed by atoms with van der Waals surface area (Å²) in [5.41, 5.74) is 2.69. The van der Waals surface area contributed by atoms with E-state index in [9.17, 15) is 0 Å². The van der Waals surface area contributed by atoms with Gasteiger partial charge in [0.25, 0.3) is 0 Å². The molecule has 6 rings (SSSR count). The van der Waals surface area contributed by atoms with Gasteiger partial charge < -0.3 is 23.3 Å². The molecule has 0 saturated heterocycles. The van der Waals surface area contributed by atoms with Gasteiger partial charge in [0.15, 0.2) is 17.3 Å². The zero-order valence-electron chi connectivity index (χ0n) is 19.0. The van der Waals surface area contributed by atoms with E-state index in [2.05, 4.69) is 20.4 Å². The summed E-state index contributed by atoms with van der Waals surface area (Å²) >= 11 is 0. The lowest BCUT2D eigenvalue weighted by Crippen LogP contribution is -2.35. The van der Waals surface area contributed by atoms with E-state index >= 15 is 0 Å². The first-order chi connectivity index (χ1) is 17.0. The fourth-order valence-electron chi connectivity index (χ4n) is 3.06. The van der Waals surface area contributed by atoms with Crippen molar-refractivity contribution in [3.8, 4) is 34.4 Å². The number of furan rings is 3. The van der Waals surface area contributed by atoms with Crippen LogP contribution in [0.2, 0.25) is 0 Å². The topological polar surface area (TPSA) is 144 Å². The Bertz CT molecular complexity index is 1350. The normalized spacial score (nSPS) is 10.3. The second-order valence-electron chi connectivity index (χ2n) is 7.23. The van der Waals surface area contributed by atoms with Crippen molar-refractivity contribution < 1.29 is 23.3 Å². The van der Waals surface area contributed by atoms with Crippen LogP contribution < -0.4 is 5.59 Å². The van der Waals surface area contributed by atoms with Crippen LogP contribution in [0, 0.1) is 0 Å². The predicted molar refractivity (Wildman–Crippen MR) is 128 cm³/mol. The number of hydrogen-bond acceptors (Lipinski definition) is 8. The van der Waals surface area contributed by atoms with Gasteiger partial charge >= 0.3 is 7.12 Å². The van der Waals surface area contributed by atoms with E-state index < -0.39 is 7.12 Å². The number of aryl methyl sites for hydroxylation is 2. The molecular formula is C23H23BN6O5. The summed E-state index contributed by atoms with van der Waals surface area (Å²) in [5.74, 6) is 2.23. The van der Waals surface area contributed by atoms with E-state index in [0.717, 1.165) is 22.9 Å². The van der Waals surface area contributed by atoms with Gasteiger partial charge in [0, 0.05) is 26.5 Å². The van der Waals surface area contributed by atoms with Crippen molar-refractivity contribution >= 4 is 12.7 Å². The molecule has 0 amide bonds. The molecular weight excluding hydrogens is 451 g/mol. The molecule has 11 nitrogen and oxygen atoms in total. The Labute approximate surface area is 200 Å². The van der Waals surface area contributed by atoms with Gasteiger partial charge in [-0.3, -0.25) is 14.5 Å². The first kappa shape index (κ1) is 23.6. The van der Waals surface area contributed by atoms with Gasteiger partial charge in [0.1, 0.15) is 17.1 Å². The lowest BCUT2D eigenvalue weighted by molar-refractivity contribution is 0.421. The number of aromatic nitrogens is 6. The summed E-state index contributed by atoms with van der Waals surface area (Å²) < 4.78 is 18.5. The summed E-state index contributed by atoms with van der Waals surface area (Å²) in [4.78, 5) is 0. The second kappa shape index (κ2) is 11.1. The molecule has 0 bridgehead atoms. The number of nitrogens with zero attached hydrogens (tertiary/aromatic N) is 5. The Hall–Kier alpha value is -4.55. The molecule has 0 fully saturated rings. The maximum Gasteiger partial charge on any atom is 0.507 e. The molecule has 0 unspecified atom stereocenters. The van der Waals surface area contributed by atoms with Crippen molar-refractivity contribution in [1.29, 1.82) is 0 Å². The highest BCUT2D eigenvalue weighted by Crippen LogP contribution is 2.17. The molecule has 0 aliphatic rings. The summed E-state index contributed by atoms with van der Waals surface area (Å²) in [7, 11) is 2.00. The second-order valence-corrected chi connectivity index (χ2v) is 7.23. The minimum absolute atomic E-state index is 0.330. The Morgan fingerprint density at radius 1 is 0.800 bits per heavy atom. The van der Waals surface area contributed by atoms with Crippen LogP contribution in [-0.2, 0) is 14.1 Å². The van der Waals surface area contributed by atoms with Gasteiger partial charge in [-0.2, -0.15) is 15.3 Å². The molecule has 0 spiro atoms. The van der Waals surface area contributed by atoms with E-state index in [-0.39, 0.29) is 0 Å². The van der Waals surface area contributed by atoms with Gasteiger partial charge in [-0.1, -0.05) is 0 Å². The van der Waals surface area contributed by atoms with Crippen LogP contribution in [0.4, 0.5) is 0 Å². The number of hydrogen-bond donors (Lipinski definition) is 3. The molecule has 0 aliphatic carbocycles.